The van der Waals surface area contributed by atoms with E-state index in [0.29, 0.717) is 29.8 Å². The number of carbonyl (C=O) groups is 2. The lowest BCUT2D eigenvalue weighted by molar-refractivity contribution is -0.141. The van der Waals surface area contributed by atoms with Gasteiger partial charge in [0.1, 0.15) is 5.58 Å². The molecule has 3 aromatic rings. The number of sulfonamides is 1. The predicted molar refractivity (Wildman–Crippen MR) is 122 cm³/mol. The standard InChI is InChI=1S/C24H25NO6S/c1-4-32(28,29)25-8-7-17-11-18(5-6-21(17)25)22(26)14-31-24(27)12-19-13-30-23-10-16(3)15(2)9-20(19)23/h5-6,9-11,13H,4,7-8,12,14H2,1-3H3. The zero-order valence-corrected chi connectivity index (χ0v) is 19.1. The summed E-state index contributed by atoms with van der Waals surface area (Å²) < 4.78 is 36.5. The molecule has 7 nitrogen and oxygen atoms in total. The van der Waals surface area contributed by atoms with Crippen LogP contribution < -0.4 is 4.31 Å². The number of esters is 1. The van der Waals surface area contributed by atoms with E-state index in [1.165, 1.54) is 4.31 Å². The van der Waals surface area contributed by atoms with Crippen LogP contribution in [0.5, 0.6) is 0 Å². The Balaban J connectivity index is 1.40. The number of benzene rings is 2. The number of Topliss-reactive ketones (excluding diaryl/α,β-unsaturated/α-hetero) is 1. The highest BCUT2D eigenvalue weighted by Crippen LogP contribution is 2.31. The van der Waals surface area contributed by atoms with Crippen LogP contribution in [0.1, 0.15) is 39.5 Å². The van der Waals surface area contributed by atoms with Crippen LogP contribution in [0.15, 0.2) is 41.0 Å². The molecule has 2 heterocycles. The maximum Gasteiger partial charge on any atom is 0.310 e. The molecule has 1 aromatic heterocycles. The molecule has 0 radical (unpaired) electrons. The maximum absolute atomic E-state index is 12.6. The molecule has 0 atom stereocenters. The van der Waals surface area contributed by atoms with Crippen LogP contribution in [0.2, 0.25) is 0 Å². The molecule has 32 heavy (non-hydrogen) atoms. The highest BCUT2D eigenvalue weighted by Gasteiger charge is 2.28. The summed E-state index contributed by atoms with van der Waals surface area (Å²) in [6, 6.07) is 8.82. The third-order valence-electron chi connectivity index (χ3n) is 5.92. The minimum absolute atomic E-state index is 0.0107. The number of ketones is 1. The van der Waals surface area contributed by atoms with E-state index in [9.17, 15) is 18.0 Å². The maximum atomic E-state index is 12.6. The molecule has 0 saturated carbocycles. The van der Waals surface area contributed by atoms with Gasteiger partial charge in [0.15, 0.2) is 12.4 Å². The molecule has 0 saturated heterocycles. The number of anilines is 1. The third kappa shape index (κ3) is 4.14. The molecule has 0 unspecified atom stereocenters. The Morgan fingerprint density at radius 2 is 1.88 bits per heavy atom. The van der Waals surface area contributed by atoms with Crippen LogP contribution in [0.3, 0.4) is 0 Å². The van der Waals surface area contributed by atoms with Crippen molar-refractivity contribution < 1.29 is 27.2 Å². The van der Waals surface area contributed by atoms with Gasteiger partial charge in [0.2, 0.25) is 10.0 Å². The minimum atomic E-state index is -3.34. The fraction of sp³-hybridized carbons (Fsp3) is 0.333. The first-order chi connectivity index (χ1) is 15.2. The lowest BCUT2D eigenvalue weighted by atomic mass is 10.0. The Hall–Kier alpha value is -3.13. The van der Waals surface area contributed by atoms with E-state index in [1.807, 2.05) is 26.0 Å². The number of ether oxygens (including phenoxy) is 1. The summed E-state index contributed by atoms with van der Waals surface area (Å²) in [7, 11) is -3.34. The molecule has 1 aliphatic rings. The second-order valence-corrected chi connectivity index (χ2v) is 10.2. The molecule has 0 amide bonds. The summed E-state index contributed by atoms with van der Waals surface area (Å²) in [6.07, 6.45) is 2.10. The SMILES string of the molecule is CCS(=O)(=O)N1CCc2cc(C(=O)COC(=O)Cc3coc4cc(C)c(C)cc34)ccc21. The summed E-state index contributed by atoms with van der Waals surface area (Å²) in [6.45, 7) is 5.60. The van der Waals surface area contributed by atoms with E-state index in [4.69, 9.17) is 9.15 Å². The van der Waals surface area contributed by atoms with Crippen LogP contribution in [-0.4, -0.2) is 39.1 Å². The zero-order valence-electron chi connectivity index (χ0n) is 18.3. The fourth-order valence-corrected chi connectivity index (χ4v) is 5.06. The Morgan fingerprint density at radius 1 is 1.12 bits per heavy atom. The van der Waals surface area contributed by atoms with Crippen LogP contribution in [0.4, 0.5) is 5.69 Å². The molecule has 1 aliphatic heterocycles. The topological polar surface area (TPSA) is 93.9 Å². The lowest BCUT2D eigenvalue weighted by Gasteiger charge is -2.18. The number of aryl methyl sites for hydroxylation is 2. The van der Waals surface area contributed by atoms with Crippen molar-refractivity contribution in [3.63, 3.8) is 0 Å². The van der Waals surface area contributed by atoms with E-state index in [2.05, 4.69) is 0 Å². The molecule has 0 aliphatic carbocycles. The monoisotopic (exact) mass is 455 g/mol. The number of carbonyl (C=O) groups excluding carboxylic acids is 2. The second-order valence-electron chi connectivity index (χ2n) is 8.02. The van der Waals surface area contributed by atoms with Crippen molar-refractivity contribution in [2.24, 2.45) is 0 Å². The Labute approximate surface area is 187 Å². The van der Waals surface area contributed by atoms with Crippen LogP contribution in [0, 0.1) is 13.8 Å². The van der Waals surface area contributed by atoms with Crippen LogP contribution >= 0.6 is 0 Å². The fourth-order valence-electron chi connectivity index (χ4n) is 3.90. The van der Waals surface area contributed by atoms with E-state index < -0.39 is 16.0 Å². The van der Waals surface area contributed by atoms with Gasteiger partial charge in [0, 0.05) is 23.1 Å². The molecule has 0 spiro atoms. The molecular weight excluding hydrogens is 430 g/mol. The second kappa shape index (κ2) is 8.43. The van der Waals surface area contributed by atoms with Gasteiger partial charge in [0.25, 0.3) is 0 Å². The van der Waals surface area contributed by atoms with Crippen molar-refractivity contribution in [3.8, 4) is 0 Å². The van der Waals surface area contributed by atoms with Gasteiger partial charge < -0.3 is 9.15 Å². The highest BCUT2D eigenvalue weighted by atomic mass is 32.2. The van der Waals surface area contributed by atoms with Gasteiger partial charge in [0.05, 0.1) is 24.1 Å². The Bertz CT molecular complexity index is 1320. The first-order valence-corrected chi connectivity index (χ1v) is 12.1. The van der Waals surface area contributed by atoms with Gasteiger partial charge in [-0.3, -0.25) is 13.9 Å². The quantitative estimate of drug-likeness (QED) is 0.398. The van der Waals surface area contributed by atoms with E-state index >= 15 is 0 Å². The number of rotatable bonds is 7. The van der Waals surface area contributed by atoms with E-state index in [1.54, 1.807) is 31.4 Å². The lowest BCUT2D eigenvalue weighted by Crippen LogP contribution is -2.30. The first-order valence-electron chi connectivity index (χ1n) is 10.5. The molecule has 0 fully saturated rings. The summed E-state index contributed by atoms with van der Waals surface area (Å²) >= 11 is 0. The minimum Gasteiger partial charge on any atom is -0.464 e. The summed E-state index contributed by atoms with van der Waals surface area (Å²) in [5.41, 5.74) is 5.45. The van der Waals surface area contributed by atoms with Crippen LogP contribution in [0.25, 0.3) is 11.0 Å². The number of fused-ring (bicyclic) bond motifs is 2. The van der Waals surface area contributed by atoms with Gasteiger partial charge >= 0.3 is 5.97 Å². The van der Waals surface area contributed by atoms with E-state index in [0.717, 1.165) is 27.6 Å². The number of nitrogens with zero attached hydrogens (tertiary/aromatic N) is 1. The van der Waals surface area contributed by atoms with Crippen molar-refractivity contribution in [3.05, 3.63) is 64.4 Å². The van der Waals surface area contributed by atoms with Gasteiger partial charge in [-0.05, 0) is 74.2 Å². The summed E-state index contributed by atoms with van der Waals surface area (Å²) in [5, 5.41) is 0.863. The summed E-state index contributed by atoms with van der Waals surface area (Å²) in [4.78, 5) is 24.9. The van der Waals surface area contributed by atoms with Gasteiger partial charge in [-0.25, -0.2) is 8.42 Å². The smallest absolute Gasteiger partial charge is 0.310 e. The normalized spacial score (nSPS) is 13.4. The molecule has 4 rings (SSSR count). The molecule has 0 bridgehead atoms. The van der Waals surface area contributed by atoms with Crippen molar-refractivity contribution in [2.45, 2.75) is 33.6 Å². The largest absolute Gasteiger partial charge is 0.464 e. The summed E-state index contributed by atoms with van der Waals surface area (Å²) in [5.74, 6) is -0.823. The highest BCUT2D eigenvalue weighted by molar-refractivity contribution is 7.92. The third-order valence-corrected chi connectivity index (χ3v) is 7.70. The Kier molecular flexibility index (Phi) is 5.81. The number of furan rings is 1. The molecule has 168 valence electrons. The first kappa shape index (κ1) is 22.1. The van der Waals surface area contributed by atoms with Crippen LogP contribution in [-0.2, 0) is 32.4 Å². The van der Waals surface area contributed by atoms with Crippen molar-refractivity contribution in [1.82, 2.24) is 0 Å². The zero-order chi connectivity index (χ0) is 23.0. The van der Waals surface area contributed by atoms with Gasteiger partial charge in [-0.1, -0.05) is 0 Å². The molecule has 0 N–H and O–H groups in total. The van der Waals surface area contributed by atoms with Gasteiger partial charge in [-0.2, -0.15) is 0 Å². The predicted octanol–water partition coefficient (Wildman–Crippen LogP) is 3.73. The Morgan fingerprint density at radius 3 is 2.62 bits per heavy atom. The number of hydrogen-bond acceptors (Lipinski definition) is 6. The molecular formula is C24H25NO6S. The van der Waals surface area contributed by atoms with E-state index in [-0.39, 0.29) is 24.6 Å². The molecule has 8 heteroatoms. The number of hydrogen-bond donors (Lipinski definition) is 0. The van der Waals surface area contributed by atoms with Gasteiger partial charge in [-0.15, -0.1) is 0 Å². The average Bonchev–Trinajstić information content (AvgIpc) is 3.36. The average molecular weight is 456 g/mol. The van der Waals surface area contributed by atoms with Crippen molar-refractivity contribution in [2.75, 3.05) is 23.2 Å². The van der Waals surface area contributed by atoms with Crippen molar-refractivity contribution >= 4 is 38.4 Å². The van der Waals surface area contributed by atoms with Crippen molar-refractivity contribution in [1.29, 1.82) is 0 Å². The molecule has 2 aromatic carbocycles.